The zero-order chi connectivity index (χ0) is 15.0. The van der Waals surface area contributed by atoms with Crippen molar-refractivity contribution in [3.63, 3.8) is 0 Å². The van der Waals surface area contributed by atoms with Crippen LogP contribution in [-0.4, -0.2) is 12.9 Å². The molecule has 1 aromatic heterocycles. The molecule has 0 unspecified atom stereocenters. The molecule has 0 spiro atoms. The van der Waals surface area contributed by atoms with Gasteiger partial charge >= 0.3 is 0 Å². The Labute approximate surface area is 123 Å². The number of furan rings is 1. The van der Waals surface area contributed by atoms with E-state index in [0.717, 1.165) is 22.3 Å². The number of ketones is 1. The van der Waals surface area contributed by atoms with E-state index in [1.807, 2.05) is 50.2 Å². The summed E-state index contributed by atoms with van der Waals surface area (Å²) in [5.74, 6) is 2.14. The van der Waals surface area contributed by atoms with Crippen LogP contribution >= 0.6 is 0 Å². The van der Waals surface area contributed by atoms with E-state index < -0.39 is 0 Å². The molecule has 0 fully saturated rings. The van der Waals surface area contributed by atoms with E-state index in [4.69, 9.17) is 9.15 Å². The van der Waals surface area contributed by atoms with Crippen molar-refractivity contribution in [1.82, 2.24) is 0 Å². The highest BCUT2D eigenvalue weighted by atomic mass is 16.5. The fourth-order valence-electron chi connectivity index (χ4n) is 2.65. The van der Waals surface area contributed by atoms with Gasteiger partial charge in [-0.05, 0) is 37.4 Å². The van der Waals surface area contributed by atoms with Crippen LogP contribution in [0, 0.1) is 13.8 Å². The maximum Gasteiger partial charge on any atom is 0.197 e. The van der Waals surface area contributed by atoms with Gasteiger partial charge in [0.05, 0.1) is 12.7 Å². The number of hydrogen-bond acceptors (Lipinski definition) is 3. The molecule has 0 aliphatic heterocycles. The molecule has 1 heterocycles. The van der Waals surface area contributed by atoms with Gasteiger partial charge in [-0.25, -0.2) is 0 Å². The lowest BCUT2D eigenvalue weighted by molar-refractivity contribution is 0.103. The first-order chi connectivity index (χ1) is 10.1. The van der Waals surface area contributed by atoms with Crippen LogP contribution in [0.3, 0.4) is 0 Å². The van der Waals surface area contributed by atoms with E-state index in [0.29, 0.717) is 16.9 Å². The number of aryl methyl sites for hydroxylation is 2. The third-order valence-corrected chi connectivity index (χ3v) is 3.63. The molecule has 0 bridgehead atoms. The van der Waals surface area contributed by atoms with Gasteiger partial charge in [0.15, 0.2) is 5.78 Å². The second-order valence-electron chi connectivity index (χ2n) is 5.02. The first-order valence-corrected chi connectivity index (χ1v) is 6.79. The highest BCUT2D eigenvalue weighted by Crippen LogP contribution is 2.30. The summed E-state index contributed by atoms with van der Waals surface area (Å²) < 4.78 is 10.8. The average Bonchev–Trinajstić information content (AvgIpc) is 2.84. The summed E-state index contributed by atoms with van der Waals surface area (Å²) in [4.78, 5) is 12.8. The Hall–Kier alpha value is -2.55. The molecule has 3 rings (SSSR count). The molecule has 21 heavy (non-hydrogen) atoms. The molecule has 0 aliphatic rings. The fraction of sp³-hybridized carbons (Fsp3) is 0.167. The highest BCUT2D eigenvalue weighted by Gasteiger charge is 2.18. The van der Waals surface area contributed by atoms with Crippen molar-refractivity contribution < 1.29 is 13.9 Å². The molecule has 2 aromatic carbocycles. The number of methoxy groups -OCH3 is 1. The van der Waals surface area contributed by atoms with Crippen molar-refractivity contribution in [1.29, 1.82) is 0 Å². The number of carbonyl (C=O) groups is 1. The lowest BCUT2D eigenvalue weighted by Crippen LogP contribution is -2.03. The van der Waals surface area contributed by atoms with Crippen LogP contribution in [0.15, 0.2) is 46.9 Å². The first kappa shape index (κ1) is 13.4. The molecule has 3 heteroatoms. The monoisotopic (exact) mass is 280 g/mol. The summed E-state index contributed by atoms with van der Waals surface area (Å²) in [6, 6.07) is 13.2. The largest absolute Gasteiger partial charge is 0.496 e. The van der Waals surface area contributed by atoms with Crippen molar-refractivity contribution in [2.24, 2.45) is 0 Å². The smallest absolute Gasteiger partial charge is 0.197 e. The molecule has 3 aromatic rings. The zero-order valence-electron chi connectivity index (χ0n) is 12.3. The summed E-state index contributed by atoms with van der Waals surface area (Å²) >= 11 is 0. The van der Waals surface area contributed by atoms with E-state index in [2.05, 4.69) is 0 Å². The molecule has 0 atom stereocenters. The van der Waals surface area contributed by atoms with Crippen LogP contribution in [0.1, 0.15) is 27.4 Å². The van der Waals surface area contributed by atoms with Crippen LogP contribution in [0.25, 0.3) is 10.8 Å². The summed E-state index contributed by atoms with van der Waals surface area (Å²) in [5, 5.41) is 1.82. The lowest BCUT2D eigenvalue weighted by atomic mass is 9.97. The van der Waals surface area contributed by atoms with Gasteiger partial charge in [-0.1, -0.05) is 24.3 Å². The minimum atomic E-state index is -0.0248. The van der Waals surface area contributed by atoms with E-state index in [9.17, 15) is 4.79 Å². The predicted molar refractivity (Wildman–Crippen MR) is 82.1 cm³/mol. The number of hydrogen-bond donors (Lipinski definition) is 0. The Kier molecular flexibility index (Phi) is 3.26. The Balaban J connectivity index is 2.21. The molecular formula is C18H16O3. The van der Waals surface area contributed by atoms with Gasteiger partial charge in [0.1, 0.15) is 17.3 Å². The van der Waals surface area contributed by atoms with Gasteiger partial charge in [0.2, 0.25) is 0 Å². The lowest BCUT2D eigenvalue weighted by Gasteiger charge is -2.09. The van der Waals surface area contributed by atoms with Crippen molar-refractivity contribution >= 4 is 16.6 Å². The Morgan fingerprint density at radius 1 is 1.00 bits per heavy atom. The number of carbonyl (C=O) groups excluding carboxylic acids is 1. The van der Waals surface area contributed by atoms with Crippen LogP contribution < -0.4 is 4.74 Å². The van der Waals surface area contributed by atoms with Crippen LogP contribution in [0.4, 0.5) is 0 Å². The minimum absolute atomic E-state index is 0.0248. The third kappa shape index (κ3) is 2.21. The molecule has 3 nitrogen and oxygen atoms in total. The molecule has 106 valence electrons. The Morgan fingerprint density at radius 2 is 1.71 bits per heavy atom. The molecule has 0 saturated carbocycles. The molecule has 0 radical (unpaired) electrons. The van der Waals surface area contributed by atoms with E-state index >= 15 is 0 Å². The maximum absolute atomic E-state index is 12.8. The summed E-state index contributed by atoms with van der Waals surface area (Å²) in [6.07, 6.45) is 0. The molecular weight excluding hydrogens is 264 g/mol. The average molecular weight is 280 g/mol. The standard InChI is InChI=1S/C18H16O3/c1-11-10-16(12(2)21-11)18(19)15-8-9-17(20-3)14-7-5-4-6-13(14)15/h4-10H,1-3H3. The summed E-state index contributed by atoms with van der Waals surface area (Å²) in [5.41, 5.74) is 1.28. The number of benzene rings is 2. The molecule has 0 N–H and O–H groups in total. The highest BCUT2D eigenvalue weighted by molar-refractivity contribution is 6.17. The van der Waals surface area contributed by atoms with Crippen molar-refractivity contribution in [3.05, 3.63) is 65.1 Å². The summed E-state index contributed by atoms with van der Waals surface area (Å²) in [6.45, 7) is 3.65. The van der Waals surface area contributed by atoms with Gasteiger partial charge < -0.3 is 9.15 Å². The van der Waals surface area contributed by atoms with E-state index in [1.165, 1.54) is 0 Å². The van der Waals surface area contributed by atoms with Gasteiger partial charge in [-0.15, -0.1) is 0 Å². The van der Waals surface area contributed by atoms with Gasteiger partial charge in [-0.3, -0.25) is 4.79 Å². The van der Waals surface area contributed by atoms with Gasteiger partial charge in [0.25, 0.3) is 0 Å². The van der Waals surface area contributed by atoms with Crippen molar-refractivity contribution in [2.75, 3.05) is 7.11 Å². The fourth-order valence-corrected chi connectivity index (χ4v) is 2.65. The third-order valence-electron chi connectivity index (χ3n) is 3.63. The van der Waals surface area contributed by atoms with E-state index in [-0.39, 0.29) is 5.78 Å². The van der Waals surface area contributed by atoms with Crippen LogP contribution in [-0.2, 0) is 0 Å². The molecule has 0 amide bonds. The van der Waals surface area contributed by atoms with Crippen LogP contribution in [0.5, 0.6) is 5.75 Å². The normalized spacial score (nSPS) is 10.8. The zero-order valence-corrected chi connectivity index (χ0v) is 12.3. The van der Waals surface area contributed by atoms with Crippen molar-refractivity contribution in [3.8, 4) is 5.75 Å². The quantitative estimate of drug-likeness (QED) is 0.672. The predicted octanol–water partition coefficient (Wildman–Crippen LogP) is 4.29. The molecule has 0 aliphatic carbocycles. The topological polar surface area (TPSA) is 39.4 Å². The second kappa shape index (κ2) is 5.09. The first-order valence-electron chi connectivity index (χ1n) is 6.79. The SMILES string of the molecule is COc1ccc(C(=O)c2cc(C)oc2C)c2ccccc12. The number of rotatable bonds is 3. The van der Waals surface area contributed by atoms with E-state index in [1.54, 1.807) is 13.2 Å². The maximum atomic E-state index is 12.8. The molecule has 0 saturated heterocycles. The minimum Gasteiger partial charge on any atom is -0.496 e. The van der Waals surface area contributed by atoms with Gasteiger partial charge in [0, 0.05) is 10.9 Å². The number of ether oxygens (including phenoxy) is 1. The Morgan fingerprint density at radius 3 is 2.33 bits per heavy atom. The number of fused-ring (bicyclic) bond motifs is 1. The van der Waals surface area contributed by atoms with Gasteiger partial charge in [-0.2, -0.15) is 0 Å². The summed E-state index contributed by atoms with van der Waals surface area (Å²) in [7, 11) is 1.63. The second-order valence-corrected chi connectivity index (χ2v) is 5.02. The van der Waals surface area contributed by atoms with Crippen molar-refractivity contribution in [2.45, 2.75) is 13.8 Å². The van der Waals surface area contributed by atoms with Crippen LogP contribution in [0.2, 0.25) is 0 Å². The Bertz CT molecular complexity index is 828.